The lowest BCUT2D eigenvalue weighted by atomic mass is 9.74. The average molecular weight is 291 g/mol. The van der Waals surface area contributed by atoms with Crippen molar-refractivity contribution in [1.82, 2.24) is 5.32 Å². The van der Waals surface area contributed by atoms with Gasteiger partial charge < -0.3 is 19.9 Å². The van der Waals surface area contributed by atoms with Gasteiger partial charge in [-0.15, -0.1) is 0 Å². The van der Waals surface area contributed by atoms with Crippen molar-refractivity contribution in [2.75, 3.05) is 26.3 Å². The Kier molecular flexibility index (Phi) is 3.95. The van der Waals surface area contributed by atoms with Crippen LogP contribution < -0.4 is 10.1 Å². The van der Waals surface area contributed by atoms with Crippen LogP contribution in [0.1, 0.15) is 32.3 Å². The molecule has 2 unspecified atom stereocenters. The quantitative estimate of drug-likeness (QED) is 0.872. The summed E-state index contributed by atoms with van der Waals surface area (Å²) in [4.78, 5) is 0. The van der Waals surface area contributed by atoms with Crippen molar-refractivity contribution in [2.24, 2.45) is 5.92 Å². The number of rotatable bonds is 5. The molecule has 2 fully saturated rings. The van der Waals surface area contributed by atoms with Crippen LogP contribution in [0.5, 0.6) is 5.75 Å². The number of aliphatic hydroxyl groups is 1. The molecule has 0 radical (unpaired) electrons. The molecule has 4 nitrogen and oxygen atoms in total. The van der Waals surface area contributed by atoms with Crippen LogP contribution in [0.15, 0.2) is 24.3 Å². The van der Waals surface area contributed by atoms with Crippen molar-refractivity contribution in [3.05, 3.63) is 29.8 Å². The van der Waals surface area contributed by atoms with Crippen LogP contribution in [-0.2, 0) is 10.3 Å². The van der Waals surface area contributed by atoms with E-state index in [0.29, 0.717) is 25.7 Å². The Hall–Kier alpha value is -1.10. The number of ether oxygens (including phenoxy) is 2. The van der Waals surface area contributed by atoms with E-state index in [-0.39, 0.29) is 0 Å². The van der Waals surface area contributed by atoms with E-state index >= 15 is 0 Å². The molecule has 0 spiro atoms. The number of nitrogens with one attached hydrogen (secondary N) is 1. The summed E-state index contributed by atoms with van der Waals surface area (Å²) in [5.74, 6) is 1.11. The molecule has 0 aromatic heterocycles. The first-order valence-electron chi connectivity index (χ1n) is 7.91. The van der Waals surface area contributed by atoms with Crippen LogP contribution in [-0.4, -0.2) is 37.0 Å². The molecule has 4 heteroatoms. The lowest BCUT2D eigenvalue weighted by Gasteiger charge is -2.48. The highest BCUT2D eigenvalue weighted by molar-refractivity contribution is 5.41. The third-order valence-electron chi connectivity index (χ3n) is 4.81. The van der Waals surface area contributed by atoms with Gasteiger partial charge >= 0.3 is 0 Å². The minimum atomic E-state index is -0.895. The molecule has 3 rings (SSSR count). The predicted octanol–water partition coefficient (Wildman–Crippen LogP) is 2.06. The summed E-state index contributed by atoms with van der Waals surface area (Å²) >= 11 is 0. The minimum Gasteiger partial charge on any atom is -0.493 e. The van der Waals surface area contributed by atoms with Crippen molar-refractivity contribution in [1.29, 1.82) is 0 Å². The van der Waals surface area contributed by atoms with Crippen molar-refractivity contribution in [3.8, 4) is 5.75 Å². The Morgan fingerprint density at radius 1 is 1.43 bits per heavy atom. The lowest BCUT2D eigenvalue weighted by Crippen LogP contribution is -2.61. The second kappa shape index (κ2) is 5.59. The zero-order valence-corrected chi connectivity index (χ0v) is 12.9. The largest absolute Gasteiger partial charge is 0.493 e. The monoisotopic (exact) mass is 291 g/mol. The Labute approximate surface area is 126 Å². The van der Waals surface area contributed by atoms with Crippen LogP contribution >= 0.6 is 0 Å². The Bertz CT molecular complexity index is 491. The van der Waals surface area contributed by atoms with Crippen molar-refractivity contribution < 1.29 is 14.6 Å². The number of benzene rings is 1. The molecule has 1 saturated carbocycles. The fourth-order valence-corrected chi connectivity index (χ4v) is 3.44. The maximum absolute atomic E-state index is 11.3. The first kappa shape index (κ1) is 14.8. The fourth-order valence-electron chi connectivity index (χ4n) is 3.44. The molecule has 116 valence electrons. The molecule has 21 heavy (non-hydrogen) atoms. The molecule has 0 amide bonds. The number of morpholine rings is 1. The van der Waals surface area contributed by atoms with Gasteiger partial charge in [0.05, 0.1) is 18.8 Å². The molecule has 2 aliphatic rings. The summed E-state index contributed by atoms with van der Waals surface area (Å²) in [5, 5.41) is 14.6. The van der Waals surface area contributed by atoms with E-state index < -0.39 is 11.2 Å². The molecular formula is C17H25NO3. The first-order chi connectivity index (χ1) is 10.1. The van der Waals surface area contributed by atoms with E-state index in [1.54, 1.807) is 0 Å². The molecule has 1 aromatic carbocycles. The molecule has 2 atom stereocenters. The van der Waals surface area contributed by atoms with Crippen molar-refractivity contribution >= 4 is 0 Å². The predicted molar refractivity (Wildman–Crippen MR) is 81.5 cm³/mol. The first-order valence-corrected chi connectivity index (χ1v) is 7.91. The topological polar surface area (TPSA) is 50.7 Å². The van der Waals surface area contributed by atoms with Gasteiger partial charge in [0.25, 0.3) is 0 Å². The SMILES string of the molecule is CCOc1ccccc1C1(C(C)(O)C2CC2)CNCCO1. The number of para-hydroxylation sites is 1. The highest BCUT2D eigenvalue weighted by atomic mass is 16.5. The van der Waals surface area contributed by atoms with Crippen LogP contribution in [0.3, 0.4) is 0 Å². The van der Waals surface area contributed by atoms with Crippen LogP contribution in [0.2, 0.25) is 0 Å². The van der Waals surface area contributed by atoms with Gasteiger partial charge in [-0.05, 0) is 38.7 Å². The summed E-state index contributed by atoms with van der Waals surface area (Å²) in [6, 6.07) is 7.93. The van der Waals surface area contributed by atoms with E-state index in [1.165, 1.54) is 0 Å². The third-order valence-corrected chi connectivity index (χ3v) is 4.81. The second-order valence-corrected chi connectivity index (χ2v) is 6.20. The Morgan fingerprint density at radius 3 is 2.81 bits per heavy atom. The van der Waals surface area contributed by atoms with Gasteiger partial charge in [0.15, 0.2) is 0 Å². The molecular weight excluding hydrogens is 266 g/mol. The van der Waals surface area contributed by atoms with Gasteiger partial charge in [-0.25, -0.2) is 0 Å². The number of hydrogen-bond donors (Lipinski definition) is 2. The standard InChI is InChI=1S/C17H25NO3/c1-3-20-15-7-5-4-6-14(15)17(12-18-10-11-21-17)16(2,19)13-8-9-13/h4-7,13,18-19H,3,8-12H2,1-2H3. The van der Waals surface area contributed by atoms with Gasteiger partial charge in [-0.2, -0.15) is 0 Å². The van der Waals surface area contributed by atoms with E-state index in [0.717, 1.165) is 30.7 Å². The normalized spacial score (nSPS) is 28.9. The summed E-state index contributed by atoms with van der Waals surface area (Å²) in [6.45, 7) is 6.53. The molecule has 1 heterocycles. The highest BCUT2D eigenvalue weighted by Gasteiger charge is 2.58. The molecule has 1 aromatic rings. The van der Waals surface area contributed by atoms with Gasteiger partial charge in [-0.1, -0.05) is 18.2 Å². The van der Waals surface area contributed by atoms with Crippen LogP contribution in [0.4, 0.5) is 0 Å². The van der Waals surface area contributed by atoms with Gasteiger partial charge in [0.2, 0.25) is 0 Å². The third kappa shape index (κ3) is 2.45. The smallest absolute Gasteiger partial charge is 0.138 e. The highest BCUT2D eigenvalue weighted by Crippen LogP contribution is 2.52. The van der Waals surface area contributed by atoms with Gasteiger partial charge in [0, 0.05) is 18.7 Å². The maximum atomic E-state index is 11.3. The zero-order chi connectivity index (χ0) is 14.9. The van der Waals surface area contributed by atoms with Gasteiger partial charge in [-0.3, -0.25) is 0 Å². The maximum Gasteiger partial charge on any atom is 0.138 e. The van der Waals surface area contributed by atoms with Gasteiger partial charge in [0.1, 0.15) is 11.4 Å². The summed E-state index contributed by atoms with van der Waals surface area (Å²) < 4.78 is 12.0. The molecule has 2 N–H and O–H groups in total. The Balaban J connectivity index is 2.07. The van der Waals surface area contributed by atoms with Crippen LogP contribution in [0.25, 0.3) is 0 Å². The average Bonchev–Trinajstić information content (AvgIpc) is 3.34. The van der Waals surface area contributed by atoms with Crippen LogP contribution in [0, 0.1) is 5.92 Å². The van der Waals surface area contributed by atoms with E-state index in [1.807, 2.05) is 38.1 Å². The molecule has 1 saturated heterocycles. The van der Waals surface area contributed by atoms with E-state index in [9.17, 15) is 5.11 Å². The summed E-state index contributed by atoms with van der Waals surface area (Å²) in [5.41, 5.74) is -0.679. The molecule has 1 aliphatic carbocycles. The van der Waals surface area contributed by atoms with Crippen molar-refractivity contribution in [3.63, 3.8) is 0 Å². The second-order valence-electron chi connectivity index (χ2n) is 6.20. The fraction of sp³-hybridized carbons (Fsp3) is 0.647. The van der Waals surface area contributed by atoms with Crippen molar-refractivity contribution in [2.45, 2.75) is 37.9 Å². The van der Waals surface area contributed by atoms with E-state index in [2.05, 4.69) is 5.32 Å². The molecule has 1 aliphatic heterocycles. The summed E-state index contributed by atoms with van der Waals surface area (Å²) in [7, 11) is 0. The van der Waals surface area contributed by atoms with E-state index in [4.69, 9.17) is 9.47 Å². The summed E-state index contributed by atoms with van der Waals surface area (Å²) in [6.07, 6.45) is 2.13. The molecule has 0 bridgehead atoms. The lowest BCUT2D eigenvalue weighted by molar-refractivity contribution is -0.203. The zero-order valence-electron chi connectivity index (χ0n) is 12.9. The Morgan fingerprint density at radius 2 is 2.19 bits per heavy atom. The minimum absolute atomic E-state index is 0.298. The number of hydrogen-bond acceptors (Lipinski definition) is 4.